The number of phenols is 1. The minimum Gasteiger partial charge on any atom is -0.505 e. The van der Waals surface area contributed by atoms with E-state index in [2.05, 4.69) is 0 Å². The molecule has 2 nitrogen and oxygen atoms in total. The lowest BCUT2D eigenvalue weighted by Crippen LogP contribution is -2.14. The molecule has 0 amide bonds. The average Bonchev–Trinajstić information content (AvgIpc) is 3.27. The van der Waals surface area contributed by atoms with Crippen molar-refractivity contribution in [1.82, 2.24) is 0 Å². The fourth-order valence-electron chi connectivity index (χ4n) is 5.31. The monoisotopic (exact) mass is 394 g/mol. The number of fused-ring (bicyclic) bond motifs is 1. The van der Waals surface area contributed by atoms with Crippen molar-refractivity contribution in [3.63, 3.8) is 0 Å². The summed E-state index contributed by atoms with van der Waals surface area (Å²) in [6, 6.07) is 5.66. The molecule has 0 saturated heterocycles. The summed E-state index contributed by atoms with van der Waals surface area (Å²) in [7, 11) is 0. The van der Waals surface area contributed by atoms with E-state index >= 15 is 0 Å². The topological polar surface area (TPSA) is 29.5 Å². The van der Waals surface area contributed by atoms with Gasteiger partial charge in [0.1, 0.15) is 0 Å². The molecule has 2 aromatic carbocycles. The molecule has 4 rings (SSSR count). The molecule has 0 heterocycles. The molecule has 2 aromatic rings. The van der Waals surface area contributed by atoms with Gasteiger partial charge in [-0.25, -0.2) is 8.78 Å². The van der Waals surface area contributed by atoms with E-state index in [4.69, 9.17) is 4.74 Å². The lowest BCUT2D eigenvalue weighted by Gasteiger charge is -2.22. The Balaban J connectivity index is 1.61. The standard InChI is InChI=1S/C22H22F4O2/c1-2-28-18-10-8-16(20(24)22(18)26)14-6-4-11-12(14)3-5-13(11)15-7-9-17(27)21(25)19(15)23/h7-14,27H,2-6H2,1H3. The van der Waals surface area contributed by atoms with Crippen LogP contribution in [0.1, 0.15) is 55.6 Å². The predicted molar refractivity (Wildman–Crippen MR) is 96.5 cm³/mol. The maximum absolute atomic E-state index is 14.7. The van der Waals surface area contributed by atoms with Crippen molar-refractivity contribution in [3.8, 4) is 11.5 Å². The third-order valence-corrected chi connectivity index (χ3v) is 6.47. The molecule has 2 saturated carbocycles. The van der Waals surface area contributed by atoms with Crippen LogP contribution in [0.25, 0.3) is 0 Å². The smallest absolute Gasteiger partial charge is 0.200 e. The summed E-state index contributed by atoms with van der Waals surface area (Å²) in [5.74, 6) is -5.03. The van der Waals surface area contributed by atoms with Crippen LogP contribution in [-0.2, 0) is 0 Å². The zero-order valence-corrected chi connectivity index (χ0v) is 15.5. The van der Waals surface area contributed by atoms with Crippen LogP contribution in [-0.4, -0.2) is 11.7 Å². The van der Waals surface area contributed by atoms with Gasteiger partial charge < -0.3 is 9.84 Å². The Morgan fingerprint density at radius 1 is 0.786 bits per heavy atom. The summed E-state index contributed by atoms with van der Waals surface area (Å²) in [5.41, 5.74) is 0.605. The molecule has 0 bridgehead atoms. The number of rotatable bonds is 4. The van der Waals surface area contributed by atoms with Gasteiger partial charge in [-0.05, 0) is 79.5 Å². The second-order valence-corrected chi connectivity index (χ2v) is 7.71. The van der Waals surface area contributed by atoms with Gasteiger partial charge in [0.15, 0.2) is 23.1 Å². The molecule has 150 valence electrons. The molecule has 4 unspecified atom stereocenters. The molecule has 0 aliphatic heterocycles. The van der Waals surface area contributed by atoms with Gasteiger partial charge in [0.05, 0.1) is 6.61 Å². The van der Waals surface area contributed by atoms with Gasteiger partial charge in [0.2, 0.25) is 11.6 Å². The lowest BCUT2D eigenvalue weighted by atomic mass is 9.83. The van der Waals surface area contributed by atoms with Crippen LogP contribution in [0.15, 0.2) is 24.3 Å². The van der Waals surface area contributed by atoms with Crippen molar-refractivity contribution >= 4 is 0 Å². The number of hydrogen-bond donors (Lipinski definition) is 1. The minimum atomic E-state index is -1.23. The quantitative estimate of drug-likeness (QED) is 0.641. The van der Waals surface area contributed by atoms with Crippen LogP contribution in [0, 0.1) is 35.1 Å². The van der Waals surface area contributed by atoms with E-state index in [0.717, 1.165) is 12.8 Å². The molecule has 0 radical (unpaired) electrons. The summed E-state index contributed by atoms with van der Waals surface area (Å²) in [6.07, 6.45) is 2.83. The fourth-order valence-corrected chi connectivity index (χ4v) is 5.31. The van der Waals surface area contributed by atoms with Crippen LogP contribution < -0.4 is 4.74 Å². The van der Waals surface area contributed by atoms with Gasteiger partial charge in [0.25, 0.3) is 0 Å². The number of hydrogen-bond acceptors (Lipinski definition) is 2. The van der Waals surface area contributed by atoms with Gasteiger partial charge >= 0.3 is 0 Å². The molecule has 0 spiro atoms. The van der Waals surface area contributed by atoms with Crippen molar-refractivity contribution < 1.29 is 27.4 Å². The second-order valence-electron chi connectivity index (χ2n) is 7.71. The Kier molecular flexibility index (Phi) is 4.98. The van der Waals surface area contributed by atoms with Crippen LogP contribution in [0.5, 0.6) is 11.5 Å². The molecule has 2 fully saturated rings. The van der Waals surface area contributed by atoms with Crippen molar-refractivity contribution in [2.45, 2.75) is 44.4 Å². The Morgan fingerprint density at radius 2 is 1.32 bits per heavy atom. The first kappa shape index (κ1) is 19.1. The lowest BCUT2D eigenvalue weighted by molar-refractivity contribution is 0.311. The number of ether oxygens (including phenoxy) is 1. The highest BCUT2D eigenvalue weighted by Crippen LogP contribution is 2.58. The average molecular weight is 394 g/mol. The molecule has 0 aromatic heterocycles. The van der Waals surface area contributed by atoms with Crippen LogP contribution in [0.2, 0.25) is 0 Å². The van der Waals surface area contributed by atoms with Crippen molar-refractivity contribution in [2.75, 3.05) is 6.61 Å². The normalized spacial score (nSPS) is 26.5. The maximum atomic E-state index is 14.7. The van der Waals surface area contributed by atoms with Crippen LogP contribution >= 0.6 is 0 Å². The molecule has 2 aliphatic rings. The van der Waals surface area contributed by atoms with Crippen molar-refractivity contribution in [1.29, 1.82) is 0 Å². The number of aromatic hydroxyl groups is 1. The van der Waals surface area contributed by atoms with Gasteiger partial charge in [-0.2, -0.15) is 8.78 Å². The Bertz CT molecular complexity index is 899. The SMILES string of the molecule is CCOc1ccc(C2CCC3C(c4ccc(O)c(F)c4F)CCC23)c(F)c1F. The van der Waals surface area contributed by atoms with Crippen LogP contribution in [0.4, 0.5) is 17.6 Å². The van der Waals surface area contributed by atoms with Crippen LogP contribution in [0.3, 0.4) is 0 Å². The largest absolute Gasteiger partial charge is 0.505 e. The zero-order chi connectivity index (χ0) is 20.0. The molecule has 6 heteroatoms. The van der Waals surface area contributed by atoms with E-state index in [0.29, 0.717) is 18.4 Å². The highest BCUT2D eigenvalue weighted by atomic mass is 19.2. The first-order valence-electron chi connectivity index (χ1n) is 9.71. The minimum absolute atomic E-state index is 0.0810. The van der Waals surface area contributed by atoms with E-state index in [1.54, 1.807) is 13.0 Å². The molecule has 4 atom stereocenters. The predicted octanol–water partition coefficient (Wildman–Crippen LogP) is 6.03. The maximum Gasteiger partial charge on any atom is 0.200 e. The van der Waals surface area contributed by atoms with Gasteiger partial charge in [-0.15, -0.1) is 0 Å². The van der Waals surface area contributed by atoms with E-state index in [1.807, 2.05) is 0 Å². The number of benzene rings is 2. The molecule has 2 aliphatic carbocycles. The summed E-state index contributed by atoms with van der Waals surface area (Å²) in [5, 5.41) is 9.36. The highest BCUT2D eigenvalue weighted by molar-refractivity contribution is 5.36. The van der Waals surface area contributed by atoms with Gasteiger partial charge in [-0.1, -0.05) is 12.1 Å². The Labute approximate surface area is 161 Å². The summed E-state index contributed by atoms with van der Waals surface area (Å²) < 4.78 is 62.3. The number of halogens is 4. The Morgan fingerprint density at radius 3 is 1.89 bits per heavy atom. The first-order chi connectivity index (χ1) is 13.4. The third kappa shape index (κ3) is 2.93. The third-order valence-electron chi connectivity index (χ3n) is 6.47. The molecule has 28 heavy (non-hydrogen) atoms. The van der Waals surface area contributed by atoms with Gasteiger partial charge in [0, 0.05) is 0 Å². The second kappa shape index (κ2) is 7.30. The zero-order valence-electron chi connectivity index (χ0n) is 15.5. The van der Waals surface area contributed by atoms with Crippen molar-refractivity contribution in [2.24, 2.45) is 11.8 Å². The summed E-state index contributed by atoms with van der Waals surface area (Å²) in [6.45, 7) is 1.96. The summed E-state index contributed by atoms with van der Waals surface area (Å²) >= 11 is 0. The van der Waals surface area contributed by atoms with E-state index in [9.17, 15) is 22.7 Å². The van der Waals surface area contributed by atoms with E-state index in [-0.39, 0.29) is 41.6 Å². The Hall–Kier alpha value is -2.24. The van der Waals surface area contributed by atoms with E-state index < -0.39 is 29.0 Å². The fraction of sp³-hybridized carbons (Fsp3) is 0.455. The molecular weight excluding hydrogens is 372 g/mol. The summed E-state index contributed by atoms with van der Waals surface area (Å²) in [4.78, 5) is 0. The van der Waals surface area contributed by atoms with E-state index in [1.165, 1.54) is 18.2 Å². The molecular formula is C22H22F4O2. The molecule has 1 N–H and O–H groups in total. The number of phenolic OH excluding ortho intramolecular Hbond substituents is 1. The van der Waals surface area contributed by atoms with Gasteiger partial charge in [-0.3, -0.25) is 0 Å². The highest BCUT2D eigenvalue weighted by Gasteiger charge is 2.47. The first-order valence-corrected chi connectivity index (χ1v) is 9.71. The van der Waals surface area contributed by atoms with Crippen molar-refractivity contribution in [3.05, 3.63) is 58.7 Å².